The zero-order chi connectivity index (χ0) is 14.0. The SMILES string of the molecule is C[C@@]12CCC(O)[C@H]1[C@@H]1CCC3CCCC[C@]3(C)[C@H]1CC2. The molecule has 114 valence electrons. The van der Waals surface area contributed by atoms with E-state index in [9.17, 15) is 5.11 Å². The van der Waals surface area contributed by atoms with Crippen LogP contribution in [0.2, 0.25) is 0 Å². The predicted octanol–water partition coefficient (Wildman–Crippen LogP) is 4.78. The molecule has 1 heteroatoms. The molecular formula is C19H32O. The molecular weight excluding hydrogens is 244 g/mol. The van der Waals surface area contributed by atoms with Crippen molar-refractivity contribution in [2.24, 2.45) is 34.5 Å². The van der Waals surface area contributed by atoms with E-state index < -0.39 is 0 Å². The predicted molar refractivity (Wildman–Crippen MR) is 82.4 cm³/mol. The molecule has 4 saturated carbocycles. The van der Waals surface area contributed by atoms with Gasteiger partial charge in [-0.2, -0.15) is 0 Å². The Labute approximate surface area is 124 Å². The Bertz CT molecular complexity index is 391. The van der Waals surface area contributed by atoms with Gasteiger partial charge < -0.3 is 5.11 Å². The maximum atomic E-state index is 10.6. The summed E-state index contributed by atoms with van der Waals surface area (Å²) in [4.78, 5) is 0. The normalized spacial score (nSPS) is 58.6. The number of aliphatic hydroxyl groups excluding tert-OH is 1. The molecule has 20 heavy (non-hydrogen) atoms. The van der Waals surface area contributed by atoms with Gasteiger partial charge in [0.2, 0.25) is 0 Å². The summed E-state index contributed by atoms with van der Waals surface area (Å²) >= 11 is 0. The van der Waals surface area contributed by atoms with Crippen molar-refractivity contribution in [2.45, 2.75) is 84.2 Å². The zero-order valence-corrected chi connectivity index (χ0v) is 13.4. The molecule has 0 aromatic rings. The minimum Gasteiger partial charge on any atom is -0.393 e. The fraction of sp³-hybridized carbons (Fsp3) is 1.00. The van der Waals surface area contributed by atoms with Crippen LogP contribution >= 0.6 is 0 Å². The lowest BCUT2D eigenvalue weighted by atomic mass is 9.45. The third-order valence-corrected chi connectivity index (χ3v) is 8.38. The van der Waals surface area contributed by atoms with Crippen molar-refractivity contribution in [3.05, 3.63) is 0 Å². The van der Waals surface area contributed by atoms with Crippen LogP contribution in [-0.2, 0) is 0 Å². The molecule has 4 fully saturated rings. The summed E-state index contributed by atoms with van der Waals surface area (Å²) in [6.07, 6.45) is 14.0. The van der Waals surface area contributed by atoms with Gasteiger partial charge in [-0.05, 0) is 85.9 Å². The highest BCUT2D eigenvalue weighted by Gasteiger charge is 2.59. The Hall–Kier alpha value is -0.0400. The van der Waals surface area contributed by atoms with Crippen molar-refractivity contribution in [1.82, 2.24) is 0 Å². The van der Waals surface area contributed by atoms with Crippen LogP contribution in [-0.4, -0.2) is 11.2 Å². The second-order valence-corrected chi connectivity index (χ2v) is 9.12. The molecule has 4 rings (SSSR count). The quantitative estimate of drug-likeness (QED) is 0.675. The lowest BCUT2D eigenvalue weighted by Crippen LogP contribution is -2.53. The van der Waals surface area contributed by atoms with E-state index in [0.717, 1.165) is 24.2 Å². The zero-order valence-electron chi connectivity index (χ0n) is 13.4. The van der Waals surface area contributed by atoms with E-state index in [-0.39, 0.29) is 6.10 Å². The minimum atomic E-state index is 0.0107. The fourth-order valence-corrected chi connectivity index (χ4v) is 7.32. The van der Waals surface area contributed by atoms with Gasteiger partial charge in [0, 0.05) is 0 Å². The van der Waals surface area contributed by atoms with Gasteiger partial charge in [0.25, 0.3) is 0 Å². The van der Waals surface area contributed by atoms with Gasteiger partial charge in [-0.1, -0.05) is 26.7 Å². The maximum absolute atomic E-state index is 10.6. The summed E-state index contributed by atoms with van der Waals surface area (Å²) in [5.41, 5.74) is 1.09. The van der Waals surface area contributed by atoms with Crippen molar-refractivity contribution < 1.29 is 5.11 Å². The molecule has 0 saturated heterocycles. The number of aliphatic hydroxyl groups is 1. The van der Waals surface area contributed by atoms with Gasteiger partial charge in [0.1, 0.15) is 0 Å². The molecule has 0 heterocycles. The summed E-state index contributed by atoms with van der Waals surface area (Å²) in [7, 11) is 0. The van der Waals surface area contributed by atoms with E-state index in [4.69, 9.17) is 0 Å². The second-order valence-electron chi connectivity index (χ2n) is 9.12. The Balaban J connectivity index is 1.66. The Kier molecular flexibility index (Phi) is 3.05. The number of fused-ring (bicyclic) bond motifs is 5. The summed E-state index contributed by atoms with van der Waals surface area (Å²) in [5, 5.41) is 10.6. The molecule has 0 radical (unpaired) electrons. The molecule has 0 amide bonds. The van der Waals surface area contributed by atoms with Crippen LogP contribution in [0.1, 0.15) is 78.1 Å². The van der Waals surface area contributed by atoms with Crippen LogP contribution in [0, 0.1) is 34.5 Å². The molecule has 0 spiro atoms. The van der Waals surface area contributed by atoms with Crippen LogP contribution in [0.4, 0.5) is 0 Å². The molecule has 1 N–H and O–H groups in total. The van der Waals surface area contributed by atoms with Crippen LogP contribution in [0.25, 0.3) is 0 Å². The first-order valence-electron chi connectivity index (χ1n) is 9.23. The second kappa shape index (κ2) is 4.48. The average molecular weight is 276 g/mol. The van der Waals surface area contributed by atoms with Crippen molar-refractivity contribution in [3.63, 3.8) is 0 Å². The first kappa shape index (κ1) is 13.6. The first-order chi connectivity index (χ1) is 9.55. The molecule has 0 aromatic heterocycles. The Morgan fingerprint density at radius 1 is 0.850 bits per heavy atom. The lowest BCUT2D eigenvalue weighted by molar-refractivity contribution is -0.122. The third-order valence-electron chi connectivity index (χ3n) is 8.38. The molecule has 2 unspecified atom stereocenters. The van der Waals surface area contributed by atoms with Crippen molar-refractivity contribution >= 4 is 0 Å². The average Bonchev–Trinajstić information content (AvgIpc) is 2.74. The topological polar surface area (TPSA) is 20.2 Å². The molecule has 1 nitrogen and oxygen atoms in total. The highest BCUT2D eigenvalue weighted by atomic mass is 16.3. The monoisotopic (exact) mass is 276 g/mol. The standard InChI is InChI=1S/C19H32O/c1-18-11-8-15-14(17(18)16(20)9-12-18)7-6-13-5-3-4-10-19(13,15)2/h13-17,20H,3-12H2,1-2H3/t13?,14-,15+,16?,17-,18-,19+/m1/s1. The molecule has 7 atom stereocenters. The van der Waals surface area contributed by atoms with E-state index in [1.807, 2.05) is 0 Å². The molecule has 4 aliphatic carbocycles. The van der Waals surface area contributed by atoms with Crippen LogP contribution in [0.5, 0.6) is 0 Å². The van der Waals surface area contributed by atoms with E-state index in [0.29, 0.717) is 16.7 Å². The first-order valence-corrected chi connectivity index (χ1v) is 9.23. The van der Waals surface area contributed by atoms with E-state index in [1.165, 1.54) is 57.8 Å². The number of hydrogen-bond acceptors (Lipinski definition) is 1. The van der Waals surface area contributed by atoms with E-state index in [2.05, 4.69) is 13.8 Å². The van der Waals surface area contributed by atoms with Crippen molar-refractivity contribution in [1.29, 1.82) is 0 Å². The molecule has 0 bridgehead atoms. The van der Waals surface area contributed by atoms with E-state index in [1.54, 1.807) is 0 Å². The summed E-state index contributed by atoms with van der Waals surface area (Å²) in [5.74, 6) is 3.39. The summed E-state index contributed by atoms with van der Waals surface area (Å²) in [6, 6.07) is 0. The van der Waals surface area contributed by atoms with Crippen molar-refractivity contribution in [3.8, 4) is 0 Å². The summed E-state index contributed by atoms with van der Waals surface area (Å²) < 4.78 is 0. The highest BCUT2D eigenvalue weighted by molar-refractivity contribution is 5.08. The van der Waals surface area contributed by atoms with Crippen LogP contribution in [0.15, 0.2) is 0 Å². The van der Waals surface area contributed by atoms with Gasteiger partial charge in [-0.15, -0.1) is 0 Å². The maximum Gasteiger partial charge on any atom is 0.0576 e. The third kappa shape index (κ3) is 1.71. The Morgan fingerprint density at radius 2 is 1.65 bits per heavy atom. The Morgan fingerprint density at radius 3 is 2.50 bits per heavy atom. The van der Waals surface area contributed by atoms with Crippen molar-refractivity contribution in [2.75, 3.05) is 0 Å². The fourth-order valence-electron chi connectivity index (χ4n) is 7.32. The lowest BCUT2D eigenvalue weighted by Gasteiger charge is -2.60. The van der Waals surface area contributed by atoms with Gasteiger partial charge >= 0.3 is 0 Å². The van der Waals surface area contributed by atoms with Gasteiger partial charge in [-0.25, -0.2) is 0 Å². The number of hydrogen-bond donors (Lipinski definition) is 1. The molecule has 4 aliphatic rings. The van der Waals surface area contributed by atoms with Crippen LogP contribution < -0.4 is 0 Å². The smallest absolute Gasteiger partial charge is 0.0576 e. The number of rotatable bonds is 0. The van der Waals surface area contributed by atoms with Gasteiger partial charge in [-0.3, -0.25) is 0 Å². The minimum absolute atomic E-state index is 0.0107. The highest BCUT2D eigenvalue weighted by Crippen LogP contribution is 2.66. The van der Waals surface area contributed by atoms with Crippen LogP contribution in [0.3, 0.4) is 0 Å². The van der Waals surface area contributed by atoms with Gasteiger partial charge in [0.05, 0.1) is 6.10 Å². The van der Waals surface area contributed by atoms with Gasteiger partial charge in [0.15, 0.2) is 0 Å². The van der Waals surface area contributed by atoms with E-state index >= 15 is 0 Å². The largest absolute Gasteiger partial charge is 0.393 e. The molecule has 0 aromatic carbocycles. The molecule has 0 aliphatic heterocycles. The summed E-state index contributed by atoms with van der Waals surface area (Å²) in [6.45, 7) is 5.11.